The summed E-state index contributed by atoms with van der Waals surface area (Å²) < 4.78 is 66.4. The maximum Gasteiger partial charge on any atom is 0.481 e. The molecule has 0 spiro atoms. The molecule has 26 heteroatoms. The number of rotatable bonds is 18. The molecule has 1 saturated heterocycles. The number of aliphatic hydroxyl groups is 2. The van der Waals surface area contributed by atoms with Crippen molar-refractivity contribution in [1.82, 2.24) is 35.5 Å². The van der Waals surface area contributed by atoms with Gasteiger partial charge >= 0.3 is 15.6 Å². The van der Waals surface area contributed by atoms with Crippen molar-refractivity contribution >= 4 is 32.6 Å². The molecule has 24 nitrogen and oxygen atoms in total. The van der Waals surface area contributed by atoms with Crippen LogP contribution in [0.4, 0.5) is 5.82 Å². The van der Waals surface area contributed by atoms with Crippen molar-refractivity contribution in [2.45, 2.75) is 103 Å². The van der Waals surface area contributed by atoms with Crippen LogP contribution in [0.1, 0.15) is 47.8 Å². The van der Waals surface area contributed by atoms with Crippen LogP contribution < -0.4 is 21.7 Å². The molecule has 3 rings (SSSR count). The van der Waals surface area contributed by atoms with E-state index < -0.39 is 46.8 Å². The van der Waals surface area contributed by atoms with Crippen LogP contribution in [0.15, 0.2) is 12.7 Å². The van der Waals surface area contributed by atoms with Crippen LogP contribution in [0.25, 0.3) is 11.2 Å². The first-order valence-electron chi connectivity index (χ1n) is 16.2. The maximum atomic E-state index is 11.5. The quantitative estimate of drug-likeness (QED) is 0.0702. The topological polar surface area (TPSA) is 324 Å². The third kappa shape index (κ3) is 20.3. The number of nitrogens with two attached hydrogens (primary N) is 1. The van der Waals surface area contributed by atoms with Crippen molar-refractivity contribution in [3.63, 3.8) is 0 Å². The number of aromatic nitrogens is 4. The number of phosphoric acid groups is 2. The number of hydrogen-bond acceptors (Lipinski definition) is 20. The van der Waals surface area contributed by atoms with E-state index in [0.717, 1.165) is 6.33 Å². The number of nitrogen functional groups attached to an aromatic ring is 1. The van der Waals surface area contributed by atoms with Crippen LogP contribution in [0.2, 0.25) is 0 Å². The van der Waals surface area contributed by atoms with Crippen LogP contribution in [0.3, 0.4) is 0 Å². The molecule has 1 aliphatic rings. The zero-order valence-electron chi connectivity index (χ0n) is 32.6. The summed E-state index contributed by atoms with van der Waals surface area (Å²) in [7, 11) is -0.502. The van der Waals surface area contributed by atoms with E-state index in [4.69, 9.17) is 48.7 Å². The molecule has 2 aromatic heterocycles. The maximum absolute atomic E-state index is 11.5. The largest absolute Gasteiger partial charge is 0.481 e. The van der Waals surface area contributed by atoms with E-state index in [0.29, 0.717) is 0 Å². The van der Waals surface area contributed by atoms with Gasteiger partial charge in [-0.25, -0.2) is 24.1 Å². The number of imidazole rings is 1. The van der Waals surface area contributed by atoms with Gasteiger partial charge in [-0.2, -0.15) is 4.31 Å². The number of methoxy groups -OCH3 is 6. The highest BCUT2D eigenvalue weighted by Crippen LogP contribution is 2.57. The van der Waals surface area contributed by atoms with Crippen molar-refractivity contribution in [2.24, 2.45) is 0 Å². The van der Waals surface area contributed by atoms with Crippen LogP contribution in [-0.4, -0.2) is 149 Å². The van der Waals surface area contributed by atoms with E-state index in [9.17, 15) is 24.2 Å². The van der Waals surface area contributed by atoms with Crippen LogP contribution in [0, 0.1) is 0 Å². The summed E-state index contributed by atoms with van der Waals surface area (Å²) in [6.45, 7) is 10.7. The summed E-state index contributed by atoms with van der Waals surface area (Å²) in [6, 6.07) is 0. The summed E-state index contributed by atoms with van der Waals surface area (Å²) in [5, 5.41) is 29.4. The minimum absolute atomic E-state index is 0.0555. The van der Waals surface area contributed by atoms with E-state index in [-0.39, 0.29) is 54.3 Å². The van der Waals surface area contributed by atoms with Gasteiger partial charge in [0.2, 0.25) is 0 Å². The molecule has 7 unspecified atom stereocenters. The number of nitrogens with zero attached hydrogens (tertiary/aromatic N) is 4. The van der Waals surface area contributed by atoms with Crippen LogP contribution >= 0.6 is 15.6 Å². The molecule has 0 bridgehead atoms. The first kappa shape index (κ1) is 52.1. The zero-order valence-corrected chi connectivity index (χ0v) is 34.4. The molecule has 0 amide bonds. The molecule has 3 heterocycles. The average molecular weight is 827 g/mol. The standard InChI is InChI=1S/C10H15N5O10P2.3C6H15NO2/c11-8-5-9(13-2-12-8)15(3-14-5)10-7(17)6(16)4(24-10)1-23-27(21,22)25-26(18,19)20;3*1-5(8-3)7-6(2)9-4/h2-4,6-7,10,16-17H,1H2,(H,21,22)(H2,11,12,13)(H2,18,19,20);3*5-7H,1-4H3/t4-,6-,7-,10-;;;/m1.../s1. The van der Waals surface area contributed by atoms with Crippen LogP contribution in [-0.2, 0) is 51.1 Å². The molecule has 10 N–H and O–H groups in total. The van der Waals surface area contributed by atoms with Gasteiger partial charge in [0.1, 0.15) is 67.5 Å². The van der Waals surface area contributed by atoms with Gasteiger partial charge in [-0.05, 0) is 41.5 Å². The monoisotopic (exact) mass is 826 g/mol. The summed E-state index contributed by atoms with van der Waals surface area (Å²) in [5.74, 6) is 0.0856. The van der Waals surface area contributed by atoms with Crippen molar-refractivity contribution < 1.29 is 76.0 Å². The Hall–Kier alpha value is -1.87. The first-order valence-corrected chi connectivity index (χ1v) is 19.3. The number of hydrogen-bond donors (Lipinski definition) is 9. The molecule has 2 aromatic rings. The van der Waals surface area contributed by atoms with E-state index in [2.05, 4.69) is 39.7 Å². The molecule has 1 aliphatic heterocycles. The van der Waals surface area contributed by atoms with Crippen molar-refractivity contribution in [3.8, 4) is 0 Å². The molecule has 1 fully saturated rings. The Bertz CT molecular complexity index is 1330. The lowest BCUT2D eigenvalue weighted by Crippen LogP contribution is -2.36. The Labute approximate surface area is 315 Å². The summed E-state index contributed by atoms with van der Waals surface area (Å²) in [4.78, 5) is 38.1. The SMILES string of the molecule is COC(C)NC(C)OC.COC(C)NC(C)OC.COC(C)NC(C)OC.Nc1ncnc2c1ncn2[C@@H]1O[C@H](COP(=O)(O)OP(=O)(O)O)[C@@H](O)[C@H]1O. The average Bonchev–Trinajstić information content (AvgIpc) is 3.67. The lowest BCUT2D eigenvalue weighted by atomic mass is 10.1. The van der Waals surface area contributed by atoms with Gasteiger partial charge < -0.3 is 63.8 Å². The molecule has 318 valence electrons. The second-order valence-corrected chi connectivity index (χ2v) is 14.1. The molecule has 0 aromatic carbocycles. The Kier molecular flexibility index (Phi) is 25.2. The fourth-order valence-corrected chi connectivity index (χ4v) is 5.48. The fourth-order valence-electron chi connectivity index (χ4n) is 3.88. The normalized spacial score (nSPS) is 22.9. The molecule has 0 aliphatic carbocycles. The predicted molar refractivity (Wildman–Crippen MR) is 193 cm³/mol. The third-order valence-corrected chi connectivity index (χ3v) is 9.29. The van der Waals surface area contributed by atoms with Gasteiger partial charge in [0.15, 0.2) is 17.7 Å². The van der Waals surface area contributed by atoms with Gasteiger partial charge in [0, 0.05) is 42.7 Å². The van der Waals surface area contributed by atoms with Gasteiger partial charge in [-0.3, -0.25) is 25.0 Å². The first-order chi connectivity index (χ1) is 25.1. The Morgan fingerprint density at radius 3 is 1.52 bits per heavy atom. The lowest BCUT2D eigenvalue weighted by molar-refractivity contribution is -0.0503. The lowest BCUT2D eigenvalue weighted by Gasteiger charge is -2.17. The van der Waals surface area contributed by atoms with Gasteiger partial charge in [0.05, 0.1) is 12.9 Å². The number of aliphatic hydroxyl groups excluding tert-OH is 2. The number of ether oxygens (including phenoxy) is 7. The molecular weight excluding hydrogens is 766 g/mol. The summed E-state index contributed by atoms with van der Waals surface area (Å²) in [6.07, 6.45) is -2.87. The highest BCUT2D eigenvalue weighted by atomic mass is 31.3. The summed E-state index contributed by atoms with van der Waals surface area (Å²) in [5.41, 5.74) is 6.11. The number of nitrogens with one attached hydrogen (secondary N) is 3. The van der Waals surface area contributed by atoms with Crippen molar-refractivity contribution in [3.05, 3.63) is 12.7 Å². The van der Waals surface area contributed by atoms with E-state index >= 15 is 0 Å². The Balaban J connectivity index is 0.000000852. The highest BCUT2D eigenvalue weighted by molar-refractivity contribution is 7.60. The third-order valence-electron chi connectivity index (χ3n) is 7.14. The summed E-state index contributed by atoms with van der Waals surface area (Å²) >= 11 is 0. The highest BCUT2D eigenvalue weighted by Gasteiger charge is 2.46. The van der Waals surface area contributed by atoms with E-state index in [1.54, 1.807) is 42.7 Å². The molecule has 0 radical (unpaired) electrons. The molecule has 0 saturated carbocycles. The molecule has 54 heavy (non-hydrogen) atoms. The zero-order chi connectivity index (χ0) is 41.8. The number of phosphoric ester groups is 1. The Morgan fingerprint density at radius 1 is 0.741 bits per heavy atom. The number of anilines is 1. The van der Waals surface area contributed by atoms with E-state index in [1.165, 1.54) is 10.9 Å². The van der Waals surface area contributed by atoms with Gasteiger partial charge in [-0.1, -0.05) is 0 Å². The van der Waals surface area contributed by atoms with Gasteiger partial charge in [-0.15, -0.1) is 0 Å². The number of fused-ring (bicyclic) bond motifs is 1. The fraction of sp³-hybridized carbons (Fsp3) is 0.821. The van der Waals surface area contributed by atoms with Crippen molar-refractivity contribution in [1.29, 1.82) is 0 Å². The van der Waals surface area contributed by atoms with Crippen LogP contribution in [0.5, 0.6) is 0 Å². The second kappa shape index (κ2) is 26.1. The minimum atomic E-state index is -5.29. The minimum Gasteiger partial charge on any atom is -0.387 e. The molecule has 11 atom stereocenters. The predicted octanol–water partition coefficient (Wildman–Crippen LogP) is -0.0636. The van der Waals surface area contributed by atoms with E-state index in [1.807, 2.05) is 41.5 Å². The van der Waals surface area contributed by atoms with Crippen molar-refractivity contribution in [2.75, 3.05) is 55.0 Å². The second-order valence-electron chi connectivity index (χ2n) is 11.2. The van der Waals surface area contributed by atoms with Gasteiger partial charge in [0.25, 0.3) is 0 Å². The smallest absolute Gasteiger partial charge is 0.387 e. The Morgan fingerprint density at radius 2 is 1.15 bits per heavy atom. The molecular formula is C28H60N8O16P2.